The third-order valence-electron chi connectivity index (χ3n) is 4.96. The van der Waals surface area contributed by atoms with E-state index in [1.807, 2.05) is 23.6 Å². The first-order valence-corrected chi connectivity index (χ1v) is 12.0. The second-order valence-corrected chi connectivity index (χ2v) is 9.67. The van der Waals surface area contributed by atoms with Gasteiger partial charge in [-0.05, 0) is 24.8 Å². The third kappa shape index (κ3) is 4.91. The molecule has 1 aromatic carbocycles. The predicted molar refractivity (Wildman–Crippen MR) is 130 cm³/mol. The fraction of sp³-hybridized carbons (Fsp3) is 0.304. The van der Waals surface area contributed by atoms with Gasteiger partial charge in [0.25, 0.3) is 0 Å². The van der Waals surface area contributed by atoms with Crippen LogP contribution >= 0.6 is 22.7 Å². The predicted octanol–water partition coefficient (Wildman–Crippen LogP) is 6.08. The number of hydrogen-bond acceptors (Lipinski definition) is 7. The van der Waals surface area contributed by atoms with Crippen molar-refractivity contribution >= 4 is 49.7 Å². The van der Waals surface area contributed by atoms with Gasteiger partial charge in [0.05, 0.1) is 11.1 Å². The molecule has 8 heteroatoms. The molecule has 3 heterocycles. The van der Waals surface area contributed by atoms with Gasteiger partial charge >= 0.3 is 0 Å². The van der Waals surface area contributed by atoms with Crippen LogP contribution in [0, 0.1) is 6.92 Å². The number of benzene rings is 1. The summed E-state index contributed by atoms with van der Waals surface area (Å²) in [6.07, 6.45) is 2.71. The van der Waals surface area contributed by atoms with Gasteiger partial charge in [-0.3, -0.25) is 4.79 Å². The Morgan fingerprint density at radius 2 is 1.97 bits per heavy atom. The molecule has 0 aliphatic carbocycles. The van der Waals surface area contributed by atoms with Crippen LogP contribution in [0.15, 0.2) is 42.0 Å². The molecule has 0 radical (unpaired) electrons. The first-order chi connectivity index (χ1) is 15.0. The van der Waals surface area contributed by atoms with Crippen LogP contribution in [0.3, 0.4) is 0 Å². The van der Waals surface area contributed by atoms with Crippen LogP contribution in [0.4, 0.5) is 10.9 Å². The second-order valence-electron chi connectivity index (χ2n) is 7.61. The largest absolute Gasteiger partial charge is 0.369 e. The molecule has 31 heavy (non-hydrogen) atoms. The van der Waals surface area contributed by atoms with E-state index in [-0.39, 0.29) is 5.91 Å². The van der Waals surface area contributed by atoms with E-state index in [1.165, 1.54) is 21.8 Å². The van der Waals surface area contributed by atoms with E-state index in [0.717, 1.165) is 27.3 Å². The Kier molecular flexibility index (Phi) is 6.58. The Morgan fingerprint density at radius 1 is 1.16 bits per heavy atom. The van der Waals surface area contributed by atoms with Gasteiger partial charge in [-0.2, -0.15) is 0 Å². The average Bonchev–Trinajstić information content (AvgIpc) is 3.36. The van der Waals surface area contributed by atoms with Gasteiger partial charge in [-0.25, -0.2) is 15.0 Å². The number of carbonyl (C=O) groups is 1. The third-order valence-corrected chi connectivity index (χ3v) is 6.75. The Balaban J connectivity index is 1.40. The summed E-state index contributed by atoms with van der Waals surface area (Å²) in [5.41, 5.74) is 3.34. The van der Waals surface area contributed by atoms with Crippen LogP contribution in [0.5, 0.6) is 0 Å². The molecule has 0 fully saturated rings. The van der Waals surface area contributed by atoms with Gasteiger partial charge in [0.2, 0.25) is 5.91 Å². The highest BCUT2D eigenvalue weighted by Crippen LogP contribution is 2.40. The molecule has 4 aromatic rings. The molecular formula is C23H25N5OS2. The Hall–Kier alpha value is -2.84. The van der Waals surface area contributed by atoms with Crippen molar-refractivity contribution in [2.24, 2.45) is 0 Å². The molecule has 0 aliphatic heterocycles. The number of anilines is 2. The summed E-state index contributed by atoms with van der Waals surface area (Å²) in [6, 6.07) is 10.3. The van der Waals surface area contributed by atoms with Crippen LogP contribution in [0.25, 0.3) is 21.3 Å². The number of fused-ring (bicyclic) bond motifs is 1. The number of thiophene rings is 1. The van der Waals surface area contributed by atoms with Crippen molar-refractivity contribution in [2.45, 2.75) is 39.5 Å². The normalized spacial score (nSPS) is 11.2. The minimum atomic E-state index is -0.0179. The van der Waals surface area contributed by atoms with E-state index in [9.17, 15) is 4.79 Å². The minimum absolute atomic E-state index is 0.0179. The number of aromatic nitrogens is 3. The maximum atomic E-state index is 12.3. The Labute approximate surface area is 189 Å². The van der Waals surface area contributed by atoms with Crippen molar-refractivity contribution in [3.8, 4) is 11.1 Å². The molecule has 0 spiro atoms. The van der Waals surface area contributed by atoms with Gasteiger partial charge in [-0.15, -0.1) is 22.7 Å². The second kappa shape index (κ2) is 9.53. The molecule has 0 saturated carbocycles. The van der Waals surface area contributed by atoms with Crippen molar-refractivity contribution < 1.29 is 4.79 Å². The summed E-state index contributed by atoms with van der Waals surface area (Å²) in [4.78, 5) is 27.9. The highest BCUT2D eigenvalue weighted by atomic mass is 32.1. The van der Waals surface area contributed by atoms with Gasteiger partial charge in [0.15, 0.2) is 5.13 Å². The average molecular weight is 452 g/mol. The molecule has 1 amide bonds. The molecule has 2 N–H and O–H groups in total. The molecule has 0 aliphatic rings. The molecule has 160 valence electrons. The fourth-order valence-corrected chi connectivity index (χ4v) is 5.28. The van der Waals surface area contributed by atoms with Crippen molar-refractivity contribution in [2.75, 3.05) is 17.2 Å². The molecule has 6 nitrogen and oxygen atoms in total. The number of nitrogens with zero attached hydrogens (tertiary/aromatic N) is 3. The number of nitrogens with one attached hydrogen (secondary N) is 2. The Bertz CT molecular complexity index is 1180. The molecule has 4 rings (SSSR count). The number of hydrogen-bond donors (Lipinski definition) is 2. The standard InChI is InChI=1S/C23H25N5OS2/c1-14(2)17-12-30-23(27-17)28-18(29)10-7-11-24-21-20-19(16-8-5-4-6-9-16)15(3)31-22(20)26-13-25-21/h4-6,8-9,12-14H,7,10-11H2,1-3H3,(H,24,25,26)(H,27,28,29). The highest BCUT2D eigenvalue weighted by Gasteiger charge is 2.16. The van der Waals surface area contributed by atoms with Crippen LogP contribution in [-0.4, -0.2) is 27.4 Å². The maximum Gasteiger partial charge on any atom is 0.226 e. The number of thiazole rings is 1. The first-order valence-electron chi connectivity index (χ1n) is 10.3. The van der Waals surface area contributed by atoms with Gasteiger partial charge in [0, 0.05) is 28.8 Å². The number of carbonyl (C=O) groups excluding carboxylic acids is 1. The summed E-state index contributed by atoms with van der Waals surface area (Å²) in [7, 11) is 0. The summed E-state index contributed by atoms with van der Waals surface area (Å²) in [6.45, 7) is 6.95. The lowest BCUT2D eigenvalue weighted by Crippen LogP contribution is -2.13. The zero-order valence-corrected chi connectivity index (χ0v) is 19.4. The molecular weight excluding hydrogens is 426 g/mol. The summed E-state index contributed by atoms with van der Waals surface area (Å²) < 4.78 is 0. The zero-order chi connectivity index (χ0) is 21.8. The van der Waals surface area contributed by atoms with Crippen LogP contribution in [-0.2, 0) is 4.79 Å². The van der Waals surface area contributed by atoms with Crippen LogP contribution in [0.2, 0.25) is 0 Å². The summed E-state index contributed by atoms with van der Waals surface area (Å²) in [5, 5.41) is 10.0. The maximum absolute atomic E-state index is 12.3. The van der Waals surface area contributed by atoms with E-state index in [2.05, 4.69) is 58.5 Å². The lowest BCUT2D eigenvalue weighted by Gasteiger charge is -2.09. The summed E-state index contributed by atoms with van der Waals surface area (Å²) in [5.74, 6) is 1.16. The Morgan fingerprint density at radius 3 is 2.71 bits per heavy atom. The monoisotopic (exact) mass is 451 g/mol. The van der Waals surface area contributed by atoms with Gasteiger partial charge < -0.3 is 10.6 Å². The lowest BCUT2D eigenvalue weighted by atomic mass is 10.0. The van der Waals surface area contributed by atoms with Crippen LogP contribution < -0.4 is 10.6 Å². The number of aryl methyl sites for hydroxylation is 1. The highest BCUT2D eigenvalue weighted by molar-refractivity contribution is 7.19. The molecule has 0 unspecified atom stereocenters. The van der Waals surface area contributed by atoms with E-state index in [1.54, 1.807) is 17.7 Å². The van der Waals surface area contributed by atoms with Crippen molar-refractivity contribution in [1.29, 1.82) is 0 Å². The number of amides is 1. The minimum Gasteiger partial charge on any atom is -0.369 e. The van der Waals surface area contributed by atoms with E-state index >= 15 is 0 Å². The SMILES string of the molecule is Cc1sc2ncnc(NCCCC(=O)Nc3nc(C(C)C)cs3)c2c1-c1ccccc1. The summed E-state index contributed by atoms with van der Waals surface area (Å²) >= 11 is 3.15. The van der Waals surface area contributed by atoms with Crippen molar-refractivity contribution in [3.63, 3.8) is 0 Å². The first kappa shape index (κ1) is 21.4. The van der Waals surface area contributed by atoms with E-state index in [4.69, 9.17) is 0 Å². The van der Waals surface area contributed by atoms with E-state index in [0.29, 0.717) is 30.4 Å². The van der Waals surface area contributed by atoms with Crippen LogP contribution in [0.1, 0.15) is 43.2 Å². The topological polar surface area (TPSA) is 79.8 Å². The van der Waals surface area contributed by atoms with Gasteiger partial charge in [-0.1, -0.05) is 44.2 Å². The number of rotatable bonds is 8. The fourth-order valence-electron chi connectivity index (χ4n) is 3.38. The molecule has 3 aromatic heterocycles. The molecule has 0 bridgehead atoms. The van der Waals surface area contributed by atoms with Crippen molar-refractivity contribution in [1.82, 2.24) is 15.0 Å². The van der Waals surface area contributed by atoms with Gasteiger partial charge in [0.1, 0.15) is 17.0 Å². The zero-order valence-electron chi connectivity index (χ0n) is 17.8. The smallest absolute Gasteiger partial charge is 0.226 e. The lowest BCUT2D eigenvalue weighted by molar-refractivity contribution is -0.116. The quantitative estimate of drug-likeness (QED) is 0.318. The molecule has 0 atom stereocenters. The van der Waals surface area contributed by atoms with Crippen molar-refractivity contribution in [3.05, 3.63) is 52.6 Å². The van der Waals surface area contributed by atoms with E-state index < -0.39 is 0 Å². The molecule has 0 saturated heterocycles.